The summed E-state index contributed by atoms with van der Waals surface area (Å²) in [7, 11) is 0. The van der Waals surface area contributed by atoms with E-state index in [4.69, 9.17) is 9.97 Å². The fourth-order valence-corrected chi connectivity index (χ4v) is 5.39. The van der Waals surface area contributed by atoms with Crippen LogP contribution in [0.4, 0.5) is 0 Å². The summed E-state index contributed by atoms with van der Waals surface area (Å²) in [6.45, 7) is 13.8. The number of rotatable bonds is 12. The number of pyridine rings is 2. The van der Waals surface area contributed by atoms with Crippen molar-refractivity contribution in [1.82, 2.24) is 9.97 Å². The standard InChI is InChI=1S/C30H44N2/c1-7-13-21-19-23(15-9-3)31-29-27(21)25(17-11-5)26(18-12-6)28-22(14-8-2)20-24(16-10-4)32-30(28)29/h19-20H,7-18H2,1-6H3. The largest absolute Gasteiger partial charge is 0.251 e. The van der Waals surface area contributed by atoms with Crippen LogP contribution in [0.15, 0.2) is 12.1 Å². The molecule has 0 fully saturated rings. The molecule has 32 heavy (non-hydrogen) atoms. The Hall–Kier alpha value is -1.96. The summed E-state index contributed by atoms with van der Waals surface area (Å²) in [5, 5.41) is 2.88. The Morgan fingerprint density at radius 3 is 1.12 bits per heavy atom. The summed E-state index contributed by atoms with van der Waals surface area (Å²) in [4.78, 5) is 10.6. The number of fused-ring (bicyclic) bond motifs is 3. The van der Waals surface area contributed by atoms with Gasteiger partial charge in [0.2, 0.25) is 0 Å². The normalized spacial score (nSPS) is 11.7. The zero-order valence-corrected chi connectivity index (χ0v) is 21.5. The molecule has 0 aliphatic heterocycles. The van der Waals surface area contributed by atoms with Crippen LogP contribution in [-0.4, -0.2) is 9.97 Å². The third-order valence-corrected chi connectivity index (χ3v) is 6.55. The molecule has 0 bridgehead atoms. The van der Waals surface area contributed by atoms with Crippen LogP contribution in [0.5, 0.6) is 0 Å². The van der Waals surface area contributed by atoms with Crippen molar-refractivity contribution in [3.63, 3.8) is 0 Å². The Morgan fingerprint density at radius 2 is 0.812 bits per heavy atom. The van der Waals surface area contributed by atoms with Crippen LogP contribution in [-0.2, 0) is 38.5 Å². The summed E-state index contributed by atoms with van der Waals surface area (Å²) in [6, 6.07) is 4.83. The SMILES string of the molecule is CCCc1cc(CCC)c2c(CCC)c(CCC)c3c(CCC)cc(CCC)nc3c2n1. The summed E-state index contributed by atoms with van der Waals surface area (Å²) >= 11 is 0. The van der Waals surface area contributed by atoms with E-state index in [1.807, 2.05) is 0 Å². The average Bonchev–Trinajstić information content (AvgIpc) is 2.77. The monoisotopic (exact) mass is 432 g/mol. The van der Waals surface area contributed by atoms with E-state index >= 15 is 0 Å². The third-order valence-electron chi connectivity index (χ3n) is 6.55. The average molecular weight is 433 g/mol. The molecular formula is C30H44N2. The van der Waals surface area contributed by atoms with Crippen molar-refractivity contribution in [1.29, 1.82) is 0 Å². The van der Waals surface area contributed by atoms with Gasteiger partial charge in [0.1, 0.15) is 0 Å². The van der Waals surface area contributed by atoms with E-state index in [2.05, 4.69) is 53.7 Å². The molecule has 2 heterocycles. The minimum Gasteiger partial charge on any atom is -0.251 e. The topological polar surface area (TPSA) is 25.8 Å². The summed E-state index contributed by atoms with van der Waals surface area (Å²) in [5.41, 5.74) is 11.0. The molecule has 1 aromatic carbocycles. The molecule has 0 atom stereocenters. The predicted molar refractivity (Wildman–Crippen MR) is 141 cm³/mol. The van der Waals surface area contributed by atoms with Crippen LogP contribution in [0.3, 0.4) is 0 Å². The molecule has 0 spiro atoms. The van der Waals surface area contributed by atoms with E-state index in [1.54, 1.807) is 11.1 Å². The van der Waals surface area contributed by atoms with Gasteiger partial charge in [0, 0.05) is 22.2 Å². The van der Waals surface area contributed by atoms with Crippen LogP contribution in [0.2, 0.25) is 0 Å². The molecule has 0 unspecified atom stereocenters. The highest BCUT2D eigenvalue weighted by atomic mass is 14.8. The molecule has 0 radical (unpaired) electrons. The molecule has 0 amide bonds. The second-order valence-corrected chi connectivity index (χ2v) is 9.45. The molecule has 0 aliphatic rings. The highest BCUT2D eigenvalue weighted by molar-refractivity contribution is 6.09. The molecule has 3 aromatic rings. The molecule has 3 rings (SSSR count). The van der Waals surface area contributed by atoms with E-state index < -0.39 is 0 Å². The van der Waals surface area contributed by atoms with Crippen LogP contribution in [0, 0.1) is 0 Å². The second-order valence-electron chi connectivity index (χ2n) is 9.45. The number of aromatic nitrogens is 2. The highest BCUT2D eigenvalue weighted by Gasteiger charge is 2.21. The first-order valence-corrected chi connectivity index (χ1v) is 13.4. The molecular weight excluding hydrogens is 388 g/mol. The first kappa shape index (κ1) is 24.7. The summed E-state index contributed by atoms with van der Waals surface area (Å²) < 4.78 is 0. The van der Waals surface area contributed by atoms with Gasteiger partial charge < -0.3 is 0 Å². The molecule has 2 heteroatoms. The summed E-state index contributed by atoms with van der Waals surface area (Å²) in [6.07, 6.45) is 13.6. The van der Waals surface area contributed by atoms with Crippen molar-refractivity contribution in [2.75, 3.05) is 0 Å². The third kappa shape index (κ3) is 5.00. The molecule has 0 aliphatic carbocycles. The second kappa shape index (κ2) is 11.8. The zero-order chi connectivity index (χ0) is 23.1. The van der Waals surface area contributed by atoms with Crippen molar-refractivity contribution >= 4 is 21.8 Å². The Bertz CT molecular complexity index is 964. The first-order valence-electron chi connectivity index (χ1n) is 13.4. The van der Waals surface area contributed by atoms with Gasteiger partial charge in [-0.1, -0.05) is 80.1 Å². The lowest BCUT2D eigenvalue weighted by Gasteiger charge is -2.22. The minimum atomic E-state index is 1.05. The number of benzene rings is 1. The number of hydrogen-bond acceptors (Lipinski definition) is 2. The lowest BCUT2D eigenvalue weighted by molar-refractivity contribution is 0.851. The number of aryl methyl sites for hydroxylation is 6. The zero-order valence-electron chi connectivity index (χ0n) is 21.5. The quantitative estimate of drug-likeness (QED) is 0.268. The van der Waals surface area contributed by atoms with Crippen LogP contribution >= 0.6 is 0 Å². The lowest BCUT2D eigenvalue weighted by Crippen LogP contribution is -2.08. The summed E-state index contributed by atoms with van der Waals surface area (Å²) in [5.74, 6) is 0. The Kier molecular flexibility index (Phi) is 9.08. The Balaban J connectivity index is 2.57. The highest BCUT2D eigenvalue weighted by Crippen LogP contribution is 2.38. The predicted octanol–water partition coefficient (Wildman–Crippen LogP) is 8.50. The molecule has 0 saturated carbocycles. The first-order chi connectivity index (χ1) is 15.6. The number of nitrogens with zero attached hydrogens (tertiary/aromatic N) is 2. The van der Waals surface area contributed by atoms with Gasteiger partial charge in [0.15, 0.2) is 0 Å². The maximum absolute atomic E-state index is 5.32. The van der Waals surface area contributed by atoms with Crippen molar-refractivity contribution in [3.8, 4) is 0 Å². The van der Waals surface area contributed by atoms with Gasteiger partial charge in [-0.3, -0.25) is 9.97 Å². The van der Waals surface area contributed by atoms with E-state index in [1.165, 1.54) is 70.0 Å². The van der Waals surface area contributed by atoms with Crippen molar-refractivity contribution in [2.45, 2.75) is 119 Å². The van der Waals surface area contributed by atoms with E-state index in [9.17, 15) is 0 Å². The van der Waals surface area contributed by atoms with E-state index in [0.29, 0.717) is 0 Å². The fraction of sp³-hybridized carbons (Fsp3) is 0.600. The molecule has 2 aromatic heterocycles. The fourth-order valence-electron chi connectivity index (χ4n) is 5.39. The maximum atomic E-state index is 5.32. The van der Waals surface area contributed by atoms with E-state index in [0.717, 1.165) is 51.4 Å². The lowest BCUT2D eigenvalue weighted by atomic mass is 9.85. The molecule has 0 saturated heterocycles. The smallest absolute Gasteiger partial charge is 0.0973 e. The van der Waals surface area contributed by atoms with Gasteiger partial charge in [0.25, 0.3) is 0 Å². The molecule has 2 nitrogen and oxygen atoms in total. The Morgan fingerprint density at radius 1 is 0.469 bits per heavy atom. The number of hydrogen-bond donors (Lipinski definition) is 0. The minimum absolute atomic E-state index is 1.05. The van der Waals surface area contributed by atoms with Crippen LogP contribution < -0.4 is 0 Å². The van der Waals surface area contributed by atoms with E-state index in [-0.39, 0.29) is 0 Å². The molecule has 0 N–H and O–H groups in total. The van der Waals surface area contributed by atoms with Gasteiger partial charge in [-0.05, 0) is 72.9 Å². The van der Waals surface area contributed by atoms with Crippen molar-refractivity contribution in [3.05, 3.63) is 45.8 Å². The maximum Gasteiger partial charge on any atom is 0.0973 e. The van der Waals surface area contributed by atoms with Crippen molar-refractivity contribution in [2.24, 2.45) is 0 Å². The van der Waals surface area contributed by atoms with Gasteiger partial charge in [-0.2, -0.15) is 0 Å². The Labute approximate surface area is 196 Å². The van der Waals surface area contributed by atoms with Gasteiger partial charge in [-0.25, -0.2) is 0 Å². The van der Waals surface area contributed by atoms with Crippen LogP contribution in [0.25, 0.3) is 21.8 Å². The van der Waals surface area contributed by atoms with Gasteiger partial charge >= 0.3 is 0 Å². The van der Waals surface area contributed by atoms with Gasteiger partial charge in [0.05, 0.1) is 11.0 Å². The van der Waals surface area contributed by atoms with Crippen LogP contribution in [0.1, 0.15) is 114 Å². The molecule has 174 valence electrons. The van der Waals surface area contributed by atoms with Crippen molar-refractivity contribution < 1.29 is 0 Å². The van der Waals surface area contributed by atoms with Gasteiger partial charge in [-0.15, -0.1) is 0 Å².